The van der Waals surface area contributed by atoms with Crippen LogP contribution in [0.4, 0.5) is 0 Å². The highest BCUT2D eigenvalue weighted by Gasteiger charge is 2.48. The van der Waals surface area contributed by atoms with Gasteiger partial charge in [-0.2, -0.15) is 0 Å². The second-order valence-corrected chi connectivity index (χ2v) is 16.9. The highest BCUT2D eigenvalue weighted by molar-refractivity contribution is 4.96. The maximum absolute atomic E-state index is 9.16. The van der Waals surface area contributed by atoms with Crippen molar-refractivity contribution in [1.29, 1.82) is 0 Å². The third-order valence-electron chi connectivity index (χ3n) is 12.2. The lowest BCUT2D eigenvalue weighted by atomic mass is 10.0. The van der Waals surface area contributed by atoms with Crippen molar-refractivity contribution in [3.8, 4) is 0 Å². The van der Waals surface area contributed by atoms with Gasteiger partial charge in [0.05, 0.1) is 92.5 Å². The van der Waals surface area contributed by atoms with Crippen molar-refractivity contribution in [2.24, 2.45) is 0 Å². The summed E-state index contributed by atoms with van der Waals surface area (Å²) in [7, 11) is 2.92. The van der Waals surface area contributed by atoms with Gasteiger partial charge in [0.25, 0.3) is 0 Å². The van der Waals surface area contributed by atoms with Crippen LogP contribution in [0.2, 0.25) is 0 Å². The van der Waals surface area contributed by atoms with Gasteiger partial charge in [0.15, 0.2) is 0 Å². The average molecular weight is 1030 g/mol. The molecule has 0 amide bonds. The number of ether oxygens (including phenoxy) is 15. The summed E-state index contributed by atoms with van der Waals surface area (Å²) in [6.45, 7) is 1.91. The molecule has 0 radical (unpaired) electrons. The van der Waals surface area contributed by atoms with Crippen LogP contribution in [-0.4, -0.2) is 333 Å². The van der Waals surface area contributed by atoms with Crippen LogP contribution in [0.1, 0.15) is 0 Å². The zero-order valence-electron chi connectivity index (χ0n) is 39.1. The predicted molar refractivity (Wildman–Crippen MR) is 225 cm³/mol. The molecule has 22 atom stereocenters. The van der Waals surface area contributed by atoms with Crippen LogP contribution in [0.5, 0.6) is 0 Å². The van der Waals surface area contributed by atoms with Crippen LogP contribution >= 0.6 is 0 Å². The van der Waals surface area contributed by atoms with Gasteiger partial charge >= 0.3 is 0 Å². The summed E-state index contributed by atoms with van der Waals surface area (Å²) in [5, 5.41) is 125. The molecule has 0 aliphatic carbocycles. The summed E-state index contributed by atoms with van der Waals surface area (Å²) in [5.41, 5.74) is 0. The molecule has 10 fully saturated rings. The van der Waals surface area contributed by atoms with Gasteiger partial charge in [0.1, 0.15) is 155 Å². The van der Waals surface area contributed by atoms with E-state index in [4.69, 9.17) is 138 Å². The molecule has 0 aromatic heterocycles. The van der Waals surface area contributed by atoms with Gasteiger partial charge in [-0.1, -0.05) is 0 Å². The molecular formula is C41H76O29. The maximum Gasteiger partial charge on any atom is 0.147 e. The van der Waals surface area contributed by atoms with E-state index in [0.717, 1.165) is 0 Å². The molecule has 10 heterocycles. The Labute approximate surface area is 403 Å². The first-order valence-electron chi connectivity index (χ1n) is 22.8. The lowest BCUT2D eigenvalue weighted by molar-refractivity contribution is -0.328. The van der Waals surface area contributed by atoms with Crippen molar-refractivity contribution < 1.29 is 143 Å². The van der Waals surface area contributed by atoms with Crippen molar-refractivity contribution in [3.05, 3.63) is 0 Å². The zero-order chi connectivity index (χ0) is 51.3. The molecule has 0 spiro atoms. The highest BCUT2D eigenvalue weighted by Crippen LogP contribution is 2.29. The van der Waals surface area contributed by atoms with Crippen LogP contribution in [0.25, 0.3) is 0 Å². The molecule has 0 aromatic carbocycles. The van der Waals surface area contributed by atoms with E-state index in [1.807, 2.05) is 0 Å². The van der Waals surface area contributed by atoms with E-state index >= 15 is 0 Å². The Morgan fingerprint density at radius 1 is 0.314 bits per heavy atom. The minimum absolute atomic E-state index is 0.0920. The van der Waals surface area contributed by atoms with Crippen LogP contribution < -0.4 is 0 Å². The number of hydrogen-bond donors (Lipinski definition) is 14. The quantitative estimate of drug-likeness (QED) is 0.102. The molecular weight excluding hydrogens is 956 g/mol. The van der Waals surface area contributed by atoms with Crippen molar-refractivity contribution >= 4 is 0 Å². The van der Waals surface area contributed by atoms with E-state index in [-0.39, 0.29) is 174 Å². The fourth-order valence-corrected chi connectivity index (χ4v) is 8.11. The number of fused-ring (bicyclic) bond motifs is 4. The normalized spacial score (nSPS) is 42.7. The topological polar surface area (TPSA) is 422 Å². The maximum atomic E-state index is 9.16. The van der Waals surface area contributed by atoms with Crippen molar-refractivity contribution in [1.82, 2.24) is 0 Å². The van der Waals surface area contributed by atoms with E-state index in [0.29, 0.717) is 0 Å². The third-order valence-corrected chi connectivity index (χ3v) is 12.2. The molecule has 0 unspecified atom stereocenters. The monoisotopic (exact) mass is 1030 g/mol. The molecule has 0 bridgehead atoms. The summed E-state index contributed by atoms with van der Waals surface area (Å²) in [4.78, 5) is 0. The molecule has 414 valence electrons. The van der Waals surface area contributed by atoms with E-state index < -0.39 is 73.2 Å². The molecule has 10 aliphatic heterocycles. The molecule has 0 saturated carbocycles. The Morgan fingerprint density at radius 3 is 0.757 bits per heavy atom. The van der Waals surface area contributed by atoms with Gasteiger partial charge in [0.2, 0.25) is 0 Å². The van der Waals surface area contributed by atoms with Gasteiger partial charge < -0.3 is 143 Å². The molecule has 0 aromatic rings. The Kier molecular flexibility index (Phi) is 28.3. The van der Waals surface area contributed by atoms with Crippen LogP contribution in [0, 0.1) is 0 Å². The average Bonchev–Trinajstić information content (AvgIpc) is 4.27. The summed E-state index contributed by atoms with van der Waals surface area (Å²) in [6.07, 6.45) is -9.47. The molecule has 10 aliphatic rings. The largest absolute Gasteiger partial charge is 0.394 e. The summed E-state index contributed by atoms with van der Waals surface area (Å²) in [5.74, 6) is 0. The van der Waals surface area contributed by atoms with E-state index in [2.05, 4.69) is 4.74 Å². The molecule has 14 N–H and O–H groups in total. The van der Waals surface area contributed by atoms with Crippen molar-refractivity contribution in [3.63, 3.8) is 0 Å². The van der Waals surface area contributed by atoms with Crippen LogP contribution in [-0.2, 0) is 71.1 Å². The van der Waals surface area contributed by atoms with Crippen molar-refractivity contribution in [2.75, 3.05) is 127 Å². The van der Waals surface area contributed by atoms with Crippen LogP contribution in [0.15, 0.2) is 0 Å². The van der Waals surface area contributed by atoms with Gasteiger partial charge in [-0.3, -0.25) is 0 Å². The van der Waals surface area contributed by atoms with Crippen LogP contribution in [0.3, 0.4) is 0 Å². The fourth-order valence-electron chi connectivity index (χ4n) is 8.11. The molecule has 10 saturated heterocycles. The number of methoxy groups -OCH3 is 2. The van der Waals surface area contributed by atoms with E-state index in [1.165, 1.54) is 14.2 Å². The van der Waals surface area contributed by atoms with Gasteiger partial charge in [-0.15, -0.1) is 0 Å². The third kappa shape index (κ3) is 17.5. The van der Waals surface area contributed by atoms with Gasteiger partial charge in [-0.05, 0) is 0 Å². The standard InChI is InChI=1S/C8H14O6.3C6H10O4.C6H14O4.C5H10O4.C4H8O3/c9-1-5-7-8(14-3-11-5)6(2-10)12-4-13-7;3*7-3-1-9-6-4(8)2-10-5(3)6;1-9-5(3-7)6(4-8)10-2;6-1-4-5(2-7)9-3-8-4;5-3-1-7-2-4(3)6/h5-10H,1-4H2;3*3-8H,1-2H2;5-8H,3-4H2,1-2H3;4-7H,1-3H2;3-6H,1-2H2/t5-,6+,7-,8-;3-,4+,5-,6-;3-,4-,5+,6+;3-,4-,5-,6-;5-,6-;4-,5-;3-,4+/m110100./s1. The molecule has 70 heavy (non-hydrogen) atoms. The lowest BCUT2D eigenvalue weighted by Gasteiger charge is -2.43. The number of hydrogen-bond acceptors (Lipinski definition) is 29. The summed E-state index contributed by atoms with van der Waals surface area (Å²) < 4.78 is 75.3. The Morgan fingerprint density at radius 2 is 0.557 bits per heavy atom. The van der Waals surface area contributed by atoms with Gasteiger partial charge in [-0.25, -0.2) is 0 Å². The van der Waals surface area contributed by atoms with Crippen molar-refractivity contribution in [2.45, 2.75) is 134 Å². The molecule has 29 heteroatoms. The Bertz CT molecular complexity index is 1180. The smallest absolute Gasteiger partial charge is 0.147 e. The molecule has 29 nitrogen and oxygen atoms in total. The summed E-state index contributed by atoms with van der Waals surface area (Å²) >= 11 is 0. The van der Waals surface area contributed by atoms with E-state index in [9.17, 15) is 0 Å². The number of aliphatic hydroxyl groups is 14. The first-order chi connectivity index (χ1) is 33.7. The van der Waals surface area contributed by atoms with Gasteiger partial charge in [0, 0.05) is 14.2 Å². The predicted octanol–water partition coefficient (Wildman–Crippen LogP) is -9.58. The second-order valence-electron chi connectivity index (χ2n) is 16.9. The Balaban J connectivity index is 0.000000179. The molecule has 10 rings (SSSR count). The van der Waals surface area contributed by atoms with E-state index in [1.54, 1.807) is 0 Å². The number of aliphatic hydroxyl groups excluding tert-OH is 14. The first kappa shape index (κ1) is 61.4. The lowest BCUT2D eigenvalue weighted by Crippen LogP contribution is -2.58. The highest BCUT2D eigenvalue weighted by atomic mass is 16.8. The summed E-state index contributed by atoms with van der Waals surface area (Å²) in [6, 6.07) is 0. The first-order valence-corrected chi connectivity index (χ1v) is 22.8. The SMILES string of the molecule is CO[C@@H](CO)[C@H](CO)OC.OC[C@@H]1OCO[C@H]1CO.OC[C@@H]1OCO[C@H]2[C@@H]1OCO[C@@H]2CO.O[C@@H]1COC[C@@H]1O.O[C@@H]1CO[C@H]2[C@@H]1OC[C@@H]2O.O[C@@H]1CO[C@H]2[C@@H]1OC[C@H]2O.O[C@H]1CO[C@H]2[C@@H]1OC[C@@H]2O. The number of rotatable bonds is 9. The minimum Gasteiger partial charge on any atom is -0.394 e. The zero-order valence-corrected chi connectivity index (χ0v) is 39.1. The fraction of sp³-hybridized carbons (Fsp3) is 1.00. The Hall–Kier alpha value is -1.16. The minimum atomic E-state index is -0.653. The second kappa shape index (κ2) is 32.3.